The fourth-order valence-electron chi connectivity index (χ4n) is 3.16. The average Bonchev–Trinajstić information content (AvgIpc) is 3.20. The number of anilines is 1. The van der Waals surface area contributed by atoms with Crippen molar-refractivity contribution >= 4 is 23.3 Å². The highest BCUT2D eigenvalue weighted by atomic mass is 35.5. The molecule has 14 heteroatoms. The molecule has 180 valence electrons. The summed E-state index contributed by atoms with van der Waals surface area (Å²) in [6.45, 7) is 0. The van der Waals surface area contributed by atoms with E-state index in [2.05, 4.69) is 15.1 Å². The van der Waals surface area contributed by atoms with Gasteiger partial charge in [0.1, 0.15) is 22.4 Å². The van der Waals surface area contributed by atoms with Crippen LogP contribution < -0.4 is 16.2 Å². The highest BCUT2D eigenvalue weighted by molar-refractivity contribution is 6.34. The normalized spacial score (nSPS) is 11.5. The molecule has 0 saturated carbocycles. The molecular formula is C21H12ClF5N6O2. The van der Waals surface area contributed by atoms with E-state index in [-0.39, 0.29) is 32.6 Å². The van der Waals surface area contributed by atoms with E-state index < -0.39 is 46.5 Å². The Morgan fingerprint density at radius 1 is 1.03 bits per heavy atom. The second-order valence-electron chi connectivity index (χ2n) is 6.93. The zero-order chi connectivity index (χ0) is 25.5. The summed E-state index contributed by atoms with van der Waals surface area (Å²) in [4.78, 5) is 19.5. The van der Waals surface area contributed by atoms with Crippen LogP contribution in [-0.4, -0.2) is 25.7 Å². The second-order valence-corrected chi connectivity index (χ2v) is 7.31. The van der Waals surface area contributed by atoms with Gasteiger partial charge in [0.15, 0.2) is 28.8 Å². The van der Waals surface area contributed by atoms with Gasteiger partial charge in [-0.3, -0.25) is 4.79 Å². The summed E-state index contributed by atoms with van der Waals surface area (Å²) in [5.41, 5.74) is 7.31. The zero-order valence-corrected chi connectivity index (χ0v) is 17.9. The minimum Gasteiger partial charge on any atom is -0.453 e. The number of primary amides is 1. The molecule has 1 amide bonds. The van der Waals surface area contributed by atoms with E-state index in [9.17, 15) is 26.7 Å². The van der Waals surface area contributed by atoms with Gasteiger partial charge in [-0.25, -0.2) is 23.4 Å². The van der Waals surface area contributed by atoms with Gasteiger partial charge in [-0.1, -0.05) is 11.6 Å². The number of carbonyl (C=O) groups excluding carboxylic acids is 1. The standard InChI is InChI=1S/C21H12ClF5N6O2/c22-16-13(4-6-31-19(16)28)35-12-2-1-9(7-11(12)24)17-15(20(29)34)18(21(25,26)27)33(32-17)14-8-10(23)3-5-30-14/h1-8H,(H2,28,31)(H2,29,34). The van der Waals surface area contributed by atoms with Gasteiger partial charge in [-0.05, 0) is 24.3 Å². The number of nitrogens with zero attached hydrogens (tertiary/aromatic N) is 4. The first-order valence-corrected chi connectivity index (χ1v) is 9.85. The Labute approximate surface area is 197 Å². The van der Waals surface area contributed by atoms with Crippen molar-refractivity contribution in [3.05, 3.63) is 76.7 Å². The molecule has 3 heterocycles. The predicted molar refractivity (Wildman–Crippen MR) is 114 cm³/mol. The lowest BCUT2D eigenvalue weighted by atomic mass is 10.0. The monoisotopic (exact) mass is 510 g/mol. The van der Waals surface area contributed by atoms with Gasteiger partial charge in [0, 0.05) is 30.1 Å². The van der Waals surface area contributed by atoms with Crippen LogP contribution in [0.5, 0.6) is 11.5 Å². The van der Waals surface area contributed by atoms with E-state index in [0.717, 1.165) is 30.5 Å². The first-order chi connectivity index (χ1) is 16.5. The fourth-order valence-corrected chi connectivity index (χ4v) is 3.31. The van der Waals surface area contributed by atoms with Crippen LogP contribution in [0.1, 0.15) is 16.1 Å². The Kier molecular flexibility index (Phi) is 6.03. The number of nitrogen functional groups attached to an aromatic ring is 1. The SMILES string of the molecule is NC(=O)c1c(-c2ccc(Oc3ccnc(N)c3Cl)c(F)c2)nn(-c2cc(F)ccn2)c1C(F)(F)F. The van der Waals surface area contributed by atoms with Gasteiger partial charge in [0.2, 0.25) is 0 Å². The van der Waals surface area contributed by atoms with E-state index in [1.54, 1.807) is 0 Å². The summed E-state index contributed by atoms with van der Waals surface area (Å²) in [5.74, 6) is -4.44. The molecule has 35 heavy (non-hydrogen) atoms. The molecule has 0 aliphatic carbocycles. The summed E-state index contributed by atoms with van der Waals surface area (Å²) in [7, 11) is 0. The van der Waals surface area contributed by atoms with Crippen molar-refractivity contribution in [1.29, 1.82) is 0 Å². The number of aromatic nitrogens is 4. The number of pyridine rings is 2. The summed E-state index contributed by atoms with van der Waals surface area (Å²) >= 11 is 5.97. The largest absolute Gasteiger partial charge is 0.453 e. The van der Waals surface area contributed by atoms with Gasteiger partial charge in [-0.15, -0.1) is 0 Å². The van der Waals surface area contributed by atoms with Crippen LogP contribution in [0.15, 0.2) is 48.8 Å². The maximum atomic E-state index is 14.9. The third-order valence-electron chi connectivity index (χ3n) is 4.63. The number of nitrogens with two attached hydrogens (primary N) is 2. The Bertz CT molecular complexity index is 1460. The predicted octanol–water partition coefficient (Wildman–Crippen LogP) is 4.75. The summed E-state index contributed by atoms with van der Waals surface area (Å²) in [6, 6.07) is 5.92. The second kappa shape index (κ2) is 8.83. The summed E-state index contributed by atoms with van der Waals surface area (Å²) in [6.07, 6.45) is -2.96. The van der Waals surface area contributed by atoms with Crippen LogP contribution in [0.25, 0.3) is 17.1 Å². The van der Waals surface area contributed by atoms with Crippen LogP contribution >= 0.6 is 11.6 Å². The molecule has 0 aliphatic heterocycles. The molecule has 3 aromatic heterocycles. The smallest absolute Gasteiger partial charge is 0.434 e. The summed E-state index contributed by atoms with van der Waals surface area (Å²) in [5, 5.41) is 3.69. The molecule has 4 rings (SSSR count). The first kappa shape index (κ1) is 23.9. The molecule has 1 aromatic carbocycles. The molecule has 0 fully saturated rings. The molecule has 0 bridgehead atoms. The zero-order valence-electron chi connectivity index (χ0n) is 17.1. The molecule has 4 aromatic rings. The Morgan fingerprint density at radius 3 is 2.37 bits per heavy atom. The van der Waals surface area contributed by atoms with Gasteiger partial charge >= 0.3 is 6.18 Å². The molecule has 4 N–H and O–H groups in total. The molecule has 0 unspecified atom stereocenters. The maximum absolute atomic E-state index is 14.9. The Morgan fingerprint density at radius 2 is 1.74 bits per heavy atom. The van der Waals surface area contributed by atoms with Crippen molar-refractivity contribution in [2.24, 2.45) is 5.73 Å². The number of hydrogen-bond donors (Lipinski definition) is 2. The topological polar surface area (TPSA) is 122 Å². The molecule has 0 radical (unpaired) electrons. The van der Waals surface area contributed by atoms with E-state index in [1.807, 2.05) is 0 Å². The number of amides is 1. The lowest BCUT2D eigenvalue weighted by Gasteiger charge is -2.11. The van der Waals surface area contributed by atoms with Crippen molar-refractivity contribution in [2.75, 3.05) is 5.73 Å². The first-order valence-electron chi connectivity index (χ1n) is 9.47. The quantitative estimate of drug-likeness (QED) is 0.374. The molecule has 0 atom stereocenters. The van der Waals surface area contributed by atoms with Crippen molar-refractivity contribution < 1.29 is 31.5 Å². The van der Waals surface area contributed by atoms with Crippen molar-refractivity contribution in [2.45, 2.75) is 6.18 Å². The van der Waals surface area contributed by atoms with E-state index in [0.29, 0.717) is 6.07 Å². The van der Waals surface area contributed by atoms with Gasteiger partial charge in [0.25, 0.3) is 5.91 Å². The minimum absolute atomic E-state index is 0.0237. The van der Waals surface area contributed by atoms with Crippen LogP contribution in [0.3, 0.4) is 0 Å². The van der Waals surface area contributed by atoms with E-state index >= 15 is 0 Å². The number of rotatable bonds is 5. The van der Waals surface area contributed by atoms with Crippen molar-refractivity contribution in [3.63, 3.8) is 0 Å². The average molecular weight is 511 g/mol. The van der Waals surface area contributed by atoms with Gasteiger partial charge in [0.05, 0.1) is 5.56 Å². The van der Waals surface area contributed by atoms with Crippen LogP contribution in [-0.2, 0) is 6.18 Å². The molecule has 0 saturated heterocycles. The summed E-state index contributed by atoms with van der Waals surface area (Å²) < 4.78 is 75.9. The van der Waals surface area contributed by atoms with Crippen LogP contribution in [0.4, 0.5) is 27.8 Å². The highest BCUT2D eigenvalue weighted by Gasteiger charge is 2.43. The third-order valence-corrected chi connectivity index (χ3v) is 5.01. The number of hydrogen-bond acceptors (Lipinski definition) is 6. The van der Waals surface area contributed by atoms with E-state index in [1.165, 1.54) is 12.3 Å². The third kappa shape index (κ3) is 4.57. The van der Waals surface area contributed by atoms with Gasteiger partial charge < -0.3 is 16.2 Å². The Balaban J connectivity index is 1.86. The van der Waals surface area contributed by atoms with Crippen LogP contribution in [0.2, 0.25) is 5.02 Å². The molecule has 0 aliphatic rings. The number of benzene rings is 1. The fraction of sp³-hybridized carbons (Fsp3) is 0.0476. The van der Waals surface area contributed by atoms with Crippen molar-refractivity contribution in [1.82, 2.24) is 19.7 Å². The highest BCUT2D eigenvalue weighted by Crippen LogP contribution is 2.39. The Hall–Kier alpha value is -4.26. The number of alkyl halides is 3. The minimum atomic E-state index is -5.15. The molecule has 0 spiro atoms. The van der Waals surface area contributed by atoms with Crippen LogP contribution in [0, 0.1) is 11.6 Å². The maximum Gasteiger partial charge on any atom is 0.434 e. The number of carbonyl (C=O) groups is 1. The molecular weight excluding hydrogens is 499 g/mol. The van der Waals surface area contributed by atoms with Gasteiger partial charge in [-0.2, -0.15) is 18.3 Å². The lowest BCUT2D eigenvalue weighted by Crippen LogP contribution is -2.21. The van der Waals surface area contributed by atoms with Crippen molar-refractivity contribution in [3.8, 4) is 28.6 Å². The van der Waals surface area contributed by atoms with E-state index in [4.69, 9.17) is 27.8 Å². The lowest BCUT2D eigenvalue weighted by molar-refractivity contribution is -0.143. The molecule has 8 nitrogen and oxygen atoms in total. The number of ether oxygens (including phenoxy) is 1. The number of halogens is 6.